The lowest BCUT2D eigenvalue weighted by Gasteiger charge is -2.05. The standard InChI is InChI=1S/C21H16N4O2S/c1-12-7-9-14(10-8-12)20-25-24-19(27-20)13(2)28-21-18-17(22-11-23-21)15-5-3-4-6-16(15)26-18/h3-11,13H,1-2H3/t13-/m1/s1. The van der Waals surface area contributed by atoms with Gasteiger partial charge in [-0.15, -0.1) is 10.2 Å². The lowest BCUT2D eigenvalue weighted by atomic mass is 10.1. The van der Waals surface area contributed by atoms with Crippen molar-refractivity contribution in [3.63, 3.8) is 0 Å². The van der Waals surface area contributed by atoms with E-state index in [1.54, 1.807) is 6.33 Å². The van der Waals surface area contributed by atoms with E-state index in [0.717, 1.165) is 27.1 Å². The van der Waals surface area contributed by atoms with Crippen molar-refractivity contribution < 1.29 is 8.83 Å². The Labute approximate surface area is 165 Å². The zero-order valence-electron chi connectivity index (χ0n) is 15.3. The fraction of sp³-hybridized carbons (Fsp3) is 0.143. The van der Waals surface area contributed by atoms with Crippen molar-refractivity contribution in [3.05, 3.63) is 66.3 Å². The van der Waals surface area contributed by atoms with Crippen molar-refractivity contribution >= 4 is 33.8 Å². The van der Waals surface area contributed by atoms with Gasteiger partial charge in [-0.3, -0.25) is 0 Å². The highest BCUT2D eigenvalue weighted by Gasteiger charge is 2.20. The van der Waals surface area contributed by atoms with Crippen molar-refractivity contribution in [1.82, 2.24) is 20.2 Å². The molecule has 0 saturated carbocycles. The van der Waals surface area contributed by atoms with E-state index in [1.165, 1.54) is 17.3 Å². The summed E-state index contributed by atoms with van der Waals surface area (Å²) in [4.78, 5) is 8.80. The summed E-state index contributed by atoms with van der Waals surface area (Å²) in [5.74, 6) is 1.06. The number of aromatic nitrogens is 4. The van der Waals surface area contributed by atoms with E-state index in [9.17, 15) is 0 Å². The summed E-state index contributed by atoms with van der Waals surface area (Å²) in [6.45, 7) is 4.05. The third-order valence-corrected chi connectivity index (χ3v) is 5.57. The quantitative estimate of drug-likeness (QED) is 0.293. The van der Waals surface area contributed by atoms with Gasteiger partial charge in [0.05, 0.1) is 5.25 Å². The van der Waals surface area contributed by atoms with Crippen molar-refractivity contribution in [3.8, 4) is 11.5 Å². The van der Waals surface area contributed by atoms with Gasteiger partial charge in [0.1, 0.15) is 22.5 Å². The second-order valence-electron chi connectivity index (χ2n) is 6.53. The van der Waals surface area contributed by atoms with E-state index < -0.39 is 0 Å². The molecule has 7 heteroatoms. The summed E-state index contributed by atoms with van der Waals surface area (Å²) < 4.78 is 11.9. The second kappa shape index (κ2) is 6.76. The molecule has 0 N–H and O–H groups in total. The van der Waals surface area contributed by atoms with Crippen LogP contribution in [0.15, 0.2) is 68.7 Å². The number of nitrogens with zero attached hydrogens (tertiary/aromatic N) is 4. The molecule has 0 fully saturated rings. The first kappa shape index (κ1) is 16.9. The Morgan fingerprint density at radius 3 is 2.61 bits per heavy atom. The van der Waals surface area contributed by atoms with Crippen molar-refractivity contribution in [2.24, 2.45) is 0 Å². The fourth-order valence-corrected chi connectivity index (χ4v) is 3.90. The van der Waals surface area contributed by atoms with Gasteiger partial charge in [-0.2, -0.15) is 0 Å². The molecule has 0 spiro atoms. The van der Waals surface area contributed by atoms with E-state index in [-0.39, 0.29) is 5.25 Å². The normalized spacial score (nSPS) is 12.6. The van der Waals surface area contributed by atoms with Crippen LogP contribution in [-0.2, 0) is 0 Å². The molecule has 0 amide bonds. The summed E-state index contributed by atoms with van der Waals surface area (Å²) in [6.07, 6.45) is 1.56. The van der Waals surface area contributed by atoms with Crippen LogP contribution in [0.1, 0.15) is 23.6 Å². The maximum Gasteiger partial charge on any atom is 0.247 e. The largest absolute Gasteiger partial charge is 0.451 e. The van der Waals surface area contributed by atoms with Gasteiger partial charge < -0.3 is 8.83 Å². The predicted molar refractivity (Wildman–Crippen MR) is 108 cm³/mol. The molecule has 0 aliphatic rings. The lowest BCUT2D eigenvalue weighted by Crippen LogP contribution is -1.91. The predicted octanol–water partition coefficient (Wildman–Crippen LogP) is 5.59. The molecule has 5 rings (SSSR count). The minimum absolute atomic E-state index is 0.0852. The fourth-order valence-electron chi connectivity index (χ4n) is 3.02. The van der Waals surface area contributed by atoms with Gasteiger partial charge in [0, 0.05) is 10.9 Å². The van der Waals surface area contributed by atoms with Gasteiger partial charge in [0.25, 0.3) is 0 Å². The highest BCUT2D eigenvalue weighted by molar-refractivity contribution is 7.99. The molecule has 0 radical (unpaired) electrons. The molecule has 2 aromatic carbocycles. The third kappa shape index (κ3) is 2.93. The van der Waals surface area contributed by atoms with Crippen LogP contribution >= 0.6 is 11.8 Å². The molecule has 3 aromatic heterocycles. The lowest BCUT2D eigenvalue weighted by molar-refractivity contribution is 0.509. The average Bonchev–Trinajstić information content (AvgIpc) is 3.34. The molecular formula is C21H16N4O2S. The topological polar surface area (TPSA) is 77.8 Å². The zero-order valence-corrected chi connectivity index (χ0v) is 16.1. The molecule has 138 valence electrons. The van der Waals surface area contributed by atoms with Gasteiger partial charge in [-0.05, 0) is 38.1 Å². The van der Waals surface area contributed by atoms with Crippen LogP contribution in [0.25, 0.3) is 33.5 Å². The van der Waals surface area contributed by atoms with Gasteiger partial charge in [-0.1, -0.05) is 41.6 Å². The number of fused-ring (bicyclic) bond motifs is 3. The first-order valence-electron chi connectivity index (χ1n) is 8.88. The van der Waals surface area contributed by atoms with E-state index in [1.807, 2.05) is 62.4 Å². The molecule has 28 heavy (non-hydrogen) atoms. The molecule has 0 saturated heterocycles. The van der Waals surface area contributed by atoms with Crippen LogP contribution in [0, 0.1) is 6.92 Å². The Balaban J connectivity index is 1.46. The number of rotatable bonds is 4. The van der Waals surface area contributed by atoms with Gasteiger partial charge >= 0.3 is 0 Å². The van der Waals surface area contributed by atoms with Gasteiger partial charge in [0.15, 0.2) is 5.58 Å². The summed E-state index contributed by atoms with van der Waals surface area (Å²) in [6, 6.07) is 15.9. The molecule has 3 heterocycles. The van der Waals surface area contributed by atoms with Gasteiger partial charge in [0.2, 0.25) is 11.8 Å². The number of hydrogen-bond donors (Lipinski definition) is 0. The van der Waals surface area contributed by atoms with Crippen LogP contribution < -0.4 is 0 Å². The molecule has 1 atom stereocenters. The Bertz CT molecular complexity index is 1280. The molecule has 0 unspecified atom stereocenters. The molecule has 6 nitrogen and oxygen atoms in total. The van der Waals surface area contributed by atoms with Gasteiger partial charge in [-0.25, -0.2) is 9.97 Å². The van der Waals surface area contributed by atoms with Crippen molar-refractivity contribution in [2.45, 2.75) is 24.1 Å². The monoisotopic (exact) mass is 388 g/mol. The number of aryl methyl sites for hydroxylation is 1. The number of para-hydroxylation sites is 1. The zero-order chi connectivity index (χ0) is 19.1. The third-order valence-electron chi connectivity index (χ3n) is 4.50. The number of furan rings is 1. The summed E-state index contributed by atoms with van der Waals surface area (Å²) >= 11 is 1.51. The van der Waals surface area contributed by atoms with E-state index in [0.29, 0.717) is 17.4 Å². The molecular weight excluding hydrogens is 372 g/mol. The smallest absolute Gasteiger partial charge is 0.247 e. The highest BCUT2D eigenvalue weighted by Crippen LogP contribution is 2.39. The summed E-state index contributed by atoms with van der Waals surface area (Å²) in [5, 5.41) is 10.1. The van der Waals surface area contributed by atoms with Crippen LogP contribution in [0.4, 0.5) is 0 Å². The summed E-state index contributed by atoms with van der Waals surface area (Å²) in [5.41, 5.74) is 4.38. The number of thioether (sulfide) groups is 1. The second-order valence-corrected chi connectivity index (χ2v) is 7.86. The van der Waals surface area contributed by atoms with Crippen LogP contribution in [0.3, 0.4) is 0 Å². The van der Waals surface area contributed by atoms with E-state index in [4.69, 9.17) is 8.83 Å². The highest BCUT2D eigenvalue weighted by atomic mass is 32.2. The SMILES string of the molecule is Cc1ccc(-c2nnc([C@@H](C)Sc3ncnc4c3oc3ccccc34)o2)cc1. The molecule has 0 aliphatic carbocycles. The molecule has 5 aromatic rings. The molecule has 0 bridgehead atoms. The van der Waals surface area contributed by atoms with Crippen molar-refractivity contribution in [1.29, 1.82) is 0 Å². The van der Waals surface area contributed by atoms with Crippen molar-refractivity contribution in [2.75, 3.05) is 0 Å². The first-order valence-corrected chi connectivity index (χ1v) is 9.76. The minimum atomic E-state index is -0.0852. The Morgan fingerprint density at radius 2 is 1.75 bits per heavy atom. The number of hydrogen-bond acceptors (Lipinski definition) is 7. The minimum Gasteiger partial charge on any atom is -0.451 e. The Hall–Kier alpha value is -3.19. The maximum absolute atomic E-state index is 5.99. The Kier molecular flexibility index (Phi) is 4.09. The van der Waals surface area contributed by atoms with Crippen LogP contribution in [-0.4, -0.2) is 20.2 Å². The Morgan fingerprint density at radius 1 is 0.929 bits per heavy atom. The first-order chi connectivity index (χ1) is 13.7. The van der Waals surface area contributed by atoms with Crippen LogP contribution in [0.2, 0.25) is 0 Å². The van der Waals surface area contributed by atoms with E-state index in [2.05, 4.69) is 20.2 Å². The van der Waals surface area contributed by atoms with Crippen LogP contribution in [0.5, 0.6) is 0 Å². The summed E-state index contributed by atoms with van der Waals surface area (Å²) in [7, 11) is 0. The molecule has 0 aliphatic heterocycles. The average molecular weight is 388 g/mol. The van der Waals surface area contributed by atoms with E-state index >= 15 is 0 Å². The maximum atomic E-state index is 5.99. The number of benzene rings is 2.